The smallest absolute Gasteiger partial charge is 0.254 e. The molecule has 2 heterocycles. The van der Waals surface area contributed by atoms with Crippen molar-refractivity contribution in [3.8, 4) is 5.95 Å². The number of nitrogens with one attached hydrogen (secondary N) is 2. The van der Waals surface area contributed by atoms with Crippen LogP contribution in [-0.2, 0) is 4.79 Å². The van der Waals surface area contributed by atoms with E-state index in [0.29, 0.717) is 30.4 Å². The minimum atomic E-state index is -2.59. The molecule has 0 saturated heterocycles. The van der Waals surface area contributed by atoms with Gasteiger partial charge >= 0.3 is 0 Å². The van der Waals surface area contributed by atoms with Crippen molar-refractivity contribution in [3.05, 3.63) is 23.5 Å². The summed E-state index contributed by atoms with van der Waals surface area (Å²) in [5, 5.41) is 10.5. The number of primary amides is 1. The highest BCUT2D eigenvalue weighted by atomic mass is 19.3. The number of aromatic nitrogens is 4. The molecule has 3 rings (SSSR count). The van der Waals surface area contributed by atoms with Crippen LogP contribution in [0.15, 0.2) is 12.1 Å². The summed E-state index contributed by atoms with van der Waals surface area (Å²) in [4.78, 5) is 20.3. The highest BCUT2D eigenvalue weighted by Crippen LogP contribution is 2.34. The summed E-state index contributed by atoms with van der Waals surface area (Å²) >= 11 is 0. The number of amides is 1. The molecule has 2 aromatic rings. The highest BCUT2D eigenvalue weighted by Gasteiger charge is 2.35. The van der Waals surface area contributed by atoms with Gasteiger partial charge in [-0.1, -0.05) is 0 Å². The molecule has 152 valence electrons. The second-order valence-electron chi connectivity index (χ2n) is 7.32. The third-order valence-electron chi connectivity index (χ3n) is 4.77. The second-order valence-corrected chi connectivity index (χ2v) is 7.32. The van der Waals surface area contributed by atoms with Crippen molar-refractivity contribution < 1.29 is 13.6 Å². The number of nitrogens with zero attached hydrogens (tertiary/aromatic N) is 4. The normalized spacial score (nSPS) is 17.9. The van der Waals surface area contributed by atoms with E-state index in [0.717, 1.165) is 11.4 Å². The number of anilines is 2. The van der Waals surface area contributed by atoms with Crippen LogP contribution in [0.25, 0.3) is 5.95 Å². The number of halogens is 2. The molecular formula is C18H25F2N7O. The van der Waals surface area contributed by atoms with Crippen LogP contribution in [0.1, 0.15) is 44.0 Å². The Morgan fingerprint density at radius 1 is 1.25 bits per heavy atom. The van der Waals surface area contributed by atoms with E-state index in [1.807, 2.05) is 19.9 Å². The van der Waals surface area contributed by atoms with Gasteiger partial charge in [-0.2, -0.15) is 15.1 Å². The second kappa shape index (κ2) is 7.69. The van der Waals surface area contributed by atoms with Crippen LogP contribution in [0.5, 0.6) is 0 Å². The minimum absolute atomic E-state index is 0.107. The largest absolute Gasteiger partial charge is 0.368 e. The van der Waals surface area contributed by atoms with E-state index < -0.39 is 17.9 Å². The third-order valence-corrected chi connectivity index (χ3v) is 4.77. The highest BCUT2D eigenvalue weighted by molar-refractivity contribution is 5.82. The first-order chi connectivity index (χ1) is 13.1. The van der Waals surface area contributed by atoms with Gasteiger partial charge in [0.2, 0.25) is 11.8 Å². The fraction of sp³-hybridized carbons (Fsp3) is 0.556. The third kappa shape index (κ3) is 4.73. The predicted octanol–water partition coefficient (Wildman–Crippen LogP) is 2.55. The molecule has 1 fully saturated rings. The first-order valence-corrected chi connectivity index (χ1v) is 9.26. The SMILES string of the molecule is Cc1cc(C)n(-c2nc(NC3CCC(F)(F)CC3)cc(NC(C)C(N)=O)n2)n1. The molecule has 0 spiro atoms. The molecule has 1 atom stereocenters. The number of carbonyl (C=O) groups excluding carboxylic acids is 1. The van der Waals surface area contributed by atoms with Gasteiger partial charge in [-0.05, 0) is 39.7 Å². The van der Waals surface area contributed by atoms with Crippen LogP contribution < -0.4 is 16.4 Å². The van der Waals surface area contributed by atoms with Gasteiger partial charge in [-0.25, -0.2) is 13.5 Å². The van der Waals surface area contributed by atoms with Crippen LogP contribution in [0.4, 0.5) is 20.4 Å². The Morgan fingerprint density at radius 2 is 1.89 bits per heavy atom. The molecule has 1 aliphatic carbocycles. The van der Waals surface area contributed by atoms with Crippen LogP contribution >= 0.6 is 0 Å². The van der Waals surface area contributed by atoms with Crippen LogP contribution in [0, 0.1) is 13.8 Å². The quantitative estimate of drug-likeness (QED) is 0.696. The molecule has 4 N–H and O–H groups in total. The van der Waals surface area contributed by atoms with Gasteiger partial charge in [-0.3, -0.25) is 4.79 Å². The van der Waals surface area contributed by atoms with E-state index >= 15 is 0 Å². The van der Waals surface area contributed by atoms with E-state index in [1.165, 1.54) is 0 Å². The number of carbonyl (C=O) groups is 1. The number of hydrogen-bond acceptors (Lipinski definition) is 6. The summed E-state index contributed by atoms with van der Waals surface area (Å²) < 4.78 is 28.4. The van der Waals surface area contributed by atoms with Crippen molar-refractivity contribution in [1.29, 1.82) is 0 Å². The van der Waals surface area contributed by atoms with Crippen molar-refractivity contribution in [2.24, 2.45) is 5.73 Å². The molecular weight excluding hydrogens is 368 g/mol. The zero-order valence-electron chi connectivity index (χ0n) is 16.2. The van der Waals surface area contributed by atoms with Gasteiger partial charge in [0.1, 0.15) is 17.7 Å². The van der Waals surface area contributed by atoms with E-state index in [2.05, 4.69) is 25.7 Å². The maximum atomic E-state index is 13.4. The minimum Gasteiger partial charge on any atom is -0.368 e. The van der Waals surface area contributed by atoms with Crippen molar-refractivity contribution >= 4 is 17.5 Å². The lowest BCUT2D eigenvalue weighted by atomic mass is 9.92. The van der Waals surface area contributed by atoms with E-state index in [9.17, 15) is 13.6 Å². The summed E-state index contributed by atoms with van der Waals surface area (Å²) in [6.45, 7) is 5.37. The lowest BCUT2D eigenvalue weighted by Gasteiger charge is -2.29. The number of nitrogens with two attached hydrogens (primary N) is 1. The van der Waals surface area contributed by atoms with Gasteiger partial charge in [0, 0.05) is 30.6 Å². The Hall–Kier alpha value is -2.78. The lowest BCUT2D eigenvalue weighted by molar-refractivity contribution is -0.118. The monoisotopic (exact) mass is 393 g/mol. The Labute approximate surface area is 161 Å². The molecule has 28 heavy (non-hydrogen) atoms. The van der Waals surface area contributed by atoms with Gasteiger partial charge < -0.3 is 16.4 Å². The molecule has 1 saturated carbocycles. The van der Waals surface area contributed by atoms with Crippen LogP contribution in [-0.4, -0.2) is 43.7 Å². The first kappa shape index (κ1) is 20.0. The van der Waals surface area contributed by atoms with Crippen molar-refractivity contribution in [2.45, 2.75) is 64.5 Å². The number of rotatable bonds is 6. The molecule has 0 aromatic carbocycles. The molecule has 1 amide bonds. The van der Waals surface area contributed by atoms with Gasteiger partial charge in [-0.15, -0.1) is 0 Å². The number of aryl methyl sites for hydroxylation is 2. The molecule has 0 radical (unpaired) electrons. The van der Waals surface area contributed by atoms with E-state index in [1.54, 1.807) is 17.7 Å². The zero-order chi connectivity index (χ0) is 20.5. The number of alkyl halides is 2. The predicted molar refractivity (Wildman–Crippen MR) is 102 cm³/mol. The molecule has 1 unspecified atom stereocenters. The maximum absolute atomic E-state index is 13.4. The van der Waals surface area contributed by atoms with E-state index in [4.69, 9.17) is 5.73 Å². The summed E-state index contributed by atoms with van der Waals surface area (Å²) in [6.07, 6.45) is 0.410. The summed E-state index contributed by atoms with van der Waals surface area (Å²) in [5.74, 6) is -1.92. The van der Waals surface area contributed by atoms with Crippen molar-refractivity contribution in [3.63, 3.8) is 0 Å². The Kier molecular flexibility index (Phi) is 5.48. The lowest BCUT2D eigenvalue weighted by Crippen LogP contribution is -2.33. The Balaban J connectivity index is 1.89. The Morgan fingerprint density at radius 3 is 2.46 bits per heavy atom. The topological polar surface area (TPSA) is 111 Å². The summed E-state index contributed by atoms with van der Waals surface area (Å²) in [5.41, 5.74) is 6.99. The van der Waals surface area contributed by atoms with Crippen molar-refractivity contribution in [2.75, 3.05) is 10.6 Å². The molecule has 10 heteroatoms. The van der Waals surface area contributed by atoms with Crippen LogP contribution in [0.3, 0.4) is 0 Å². The van der Waals surface area contributed by atoms with Crippen molar-refractivity contribution in [1.82, 2.24) is 19.7 Å². The van der Waals surface area contributed by atoms with Crippen LogP contribution in [0.2, 0.25) is 0 Å². The average Bonchev–Trinajstić information content (AvgIpc) is 2.95. The fourth-order valence-corrected chi connectivity index (χ4v) is 3.20. The maximum Gasteiger partial charge on any atom is 0.254 e. The van der Waals surface area contributed by atoms with Gasteiger partial charge in [0.05, 0.1) is 5.69 Å². The molecule has 0 aliphatic heterocycles. The number of hydrogen-bond donors (Lipinski definition) is 3. The molecule has 8 nitrogen and oxygen atoms in total. The fourth-order valence-electron chi connectivity index (χ4n) is 3.20. The van der Waals surface area contributed by atoms with Gasteiger partial charge in [0.15, 0.2) is 0 Å². The zero-order valence-corrected chi connectivity index (χ0v) is 16.2. The summed E-state index contributed by atoms with van der Waals surface area (Å²) in [7, 11) is 0. The molecule has 1 aliphatic rings. The van der Waals surface area contributed by atoms with E-state index in [-0.39, 0.29) is 18.9 Å². The average molecular weight is 393 g/mol. The standard InChI is InChI=1S/C18H25F2N7O/c1-10-8-11(2)27(26-10)17-24-14(22-12(3)16(21)28)9-15(25-17)23-13-4-6-18(19,20)7-5-13/h8-9,12-13H,4-7H2,1-3H3,(H2,21,28)(H2,22,23,24,25). The Bertz CT molecular complexity index is 858. The first-order valence-electron chi connectivity index (χ1n) is 9.26. The molecule has 0 bridgehead atoms. The summed E-state index contributed by atoms with van der Waals surface area (Å²) in [6, 6.07) is 2.79. The van der Waals surface area contributed by atoms with Gasteiger partial charge in [0.25, 0.3) is 5.95 Å². The molecule has 2 aromatic heterocycles.